The fraction of sp³-hybridized carbons (Fsp3) is 0.750. The maximum atomic E-state index is 8.18. The Balaban J connectivity index is 3.55. The molecule has 11 heavy (non-hydrogen) atoms. The number of nitriles is 1. The Morgan fingerprint density at radius 1 is 1.73 bits per heavy atom. The first kappa shape index (κ1) is 9.96. The summed E-state index contributed by atoms with van der Waals surface area (Å²) in [7, 11) is 0. The van der Waals surface area contributed by atoms with Crippen LogP contribution in [0.5, 0.6) is 0 Å². The van der Waals surface area contributed by atoms with Crippen molar-refractivity contribution in [3.8, 4) is 6.19 Å². The number of nitrogens with zero attached hydrogens (tertiary/aromatic N) is 2. The highest BCUT2D eigenvalue weighted by Gasteiger charge is 1.97. The molecule has 0 heterocycles. The molecule has 1 unspecified atom stereocenters. The van der Waals surface area contributed by atoms with Crippen LogP contribution >= 0.6 is 0 Å². The maximum Gasteiger partial charge on any atom is 0.207 e. The van der Waals surface area contributed by atoms with Crippen LogP contribution in [0, 0.1) is 17.4 Å². The van der Waals surface area contributed by atoms with E-state index in [1.54, 1.807) is 13.1 Å². The largest absolute Gasteiger partial charge is 0.373 e. The van der Waals surface area contributed by atoms with Crippen LogP contribution in [0.25, 0.3) is 0 Å². The van der Waals surface area contributed by atoms with Crippen LogP contribution in [0.15, 0.2) is 4.99 Å². The number of hydrogen-bond acceptors (Lipinski definition) is 2. The summed E-state index contributed by atoms with van der Waals surface area (Å²) in [5, 5.41) is 11.2. The van der Waals surface area contributed by atoms with Gasteiger partial charge in [-0.15, -0.1) is 0 Å². The molecule has 3 nitrogen and oxygen atoms in total. The van der Waals surface area contributed by atoms with E-state index in [9.17, 15) is 0 Å². The molecule has 0 aliphatic heterocycles. The Kier molecular flexibility index (Phi) is 5.18. The molecule has 3 heteroatoms. The fourth-order valence-electron chi connectivity index (χ4n) is 0.581. The number of amidine groups is 1. The summed E-state index contributed by atoms with van der Waals surface area (Å²) in [6.07, 6.45) is 2.88. The van der Waals surface area contributed by atoms with Gasteiger partial charge in [-0.05, 0) is 12.8 Å². The summed E-state index contributed by atoms with van der Waals surface area (Å²) >= 11 is 0. The predicted octanol–water partition coefficient (Wildman–Crippen LogP) is 1.52. The average molecular weight is 153 g/mol. The molecule has 0 aromatic heterocycles. The lowest BCUT2D eigenvalue weighted by molar-refractivity contribution is 0.548. The number of aliphatic imine (C=N–C) groups is 1. The van der Waals surface area contributed by atoms with Crippen molar-refractivity contribution in [3.05, 3.63) is 0 Å². The van der Waals surface area contributed by atoms with Crippen LogP contribution in [-0.4, -0.2) is 12.4 Å². The van der Waals surface area contributed by atoms with Gasteiger partial charge < -0.3 is 5.32 Å². The lowest BCUT2D eigenvalue weighted by Gasteiger charge is -2.09. The van der Waals surface area contributed by atoms with E-state index < -0.39 is 0 Å². The molecule has 1 atom stereocenters. The van der Waals surface area contributed by atoms with Crippen LogP contribution < -0.4 is 5.32 Å². The monoisotopic (exact) mass is 153 g/mol. The lowest BCUT2D eigenvalue weighted by atomic mass is 10.1. The Morgan fingerprint density at radius 2 is 2.36 bits per heavy atom. The third-order valence-corrected chi connectivity index (χ3v) is 1.62. The summed E-state index contributed by atoms with van der Waals surface area (Å²) in [4.78, 5) is 3.54. The zero-order chi connectivity index (χ0) is 8.69. The lowest BCUT2D eigenvalue weighted by Crippen LogP contribution is -2.25. The molecule has 0 saturated carbocycles. The highest BCUT2D eigenvalue weighted by Crippen LogP contribution is 1.96. The van der Waals surface area contributed by atoms with E-state index in [0.717, 1.165) is 13.0 Å². The summed E-state index contributed by atoms with van der Waals surface area (Å²) in [5.41, 5.74) is 0. The summed E-state index contributed by atoms with van der Waals surface area (Å²) in [6.45, 7) is 6.99. The number of hydrogen-bond donors (Lipinski definition) is 1. The van der Waals surface area contributed by atoms with Crippen molar-refractivity contribution >= 4 is 5.84 Å². The Bertz CT molecular complexity index is 167. The van der Waals surface area contributed by atoms with Gasteiger partial charge in [0.05, 0.1) is 0 Å². The molecule has 0 rings (SSSR count). The van der Waals surface area contributed by atoms with Crippen molar-refractivity contribution in [2.45, 2.75) is 27.2 Å². The minimum atomic E-state index is 0.638. The molecule has 0 aromatic carbocycles. The van der Waals surface area contributed by atoms with E-state index >= 15 is 0 Å². The van der Waals surface area contributed by atoms with Gasteiger partial charge in [0.1, 0.15) is 5.84 Å². The molecule has 0 aromatic rings. The van der Waals surface area contributed by atoms with Crippen molar-refractivity contribution in [1.29, 1.82) is 5.26 Å². The first-order valence-electron chi connectivity index (χ1n) is 3.88. The zero-order valence-electron chi connectivity index (χ0n) is 7.39. The van der Waals surface area contributed by atoms with Crippen molar-refractivity contribution in [2.24, 2.45) is 10.9 Å². The molecule has 1 N–H and O–H groups in total. The topological polar surface area (TPSA) is 48.2 Å². The maximum absolute atomic E-state index is 8.18. The van der Waals surface area contributed by atoms with E-state index in [1.807, 2.05) is 0 Å². The molecule has 0 fully saturated rings. The quantitative estimate of drug-likeness (QED) is 0.379. The van der Waals surface area contributed by atoms with Crippen LogP contribution in [0.1, 0.15) is 27.2 Å². The predicted molar refractivity (Wildman–Crippen MR) is 46.2 cm³/mol. The third kappa shape index (κ3) is 5.41. The van der Waals surface area contributed by atoms with Gasteiger partial charge in [0, 0.05) is 6.54 Å². The molecule has 0 aliphatic rings. The molecule has 0 bridgehead atoms. The Labute approximate surface area is 68.1 Å². The Morgan fingerprint density at radius 3 is 2.82 bits per heavy atom. The summed E-state index contributed by atoms with van der Waals surface area (Å²) in [6, 6.07) is 0. The minimum absolute atomic E-state index is 0.638. The third-order valence-electron chi connectivity index (χ3n) is 1.62. The molecule has 0 spiro atoms. The van der Waals surface area contributed by atoms with Gasteiger partial charge in [-0.25, -0.2) is 0 Å². The van der Waals surface area contributed by atoms with Crippen molar-refractivity contribution < 1.29 is 0 Å². The van der Waals surface area contributed by atoms with E-state index in [0.29, 0.717) is 11.8 Å². The first-order chi connectivity index (χ1) is 5.20. The normalized spacial score (nSPS) is 13.8. The number of nitrogens with one attached hydrogen (secondary N) is 1. The molecule has 62 valence electrons. The van der Waals surface area contributed by atoms with Crippen LogP contribution in [-0.2, 0) is 0 Å². The highest BCUT2D eigenvalue weighted by atomic mass is 15.0. The second kappa shape index (κ2) is 5.72. The molecule has 0 aliphatic carbocycles. The van der Waals surface area contributed by atoms with E-state index in [1.165, 1.54) is 0 Å². The van der Waals surface area contributed by atoms with Gasteiger partial charge in [0.15, 0.2) is 0 Å². The van der Waals surface area contributed by atoms with Gasteiger partial charge in [0.25, 0.3) is 0 Å². The summed E-state index contributed by atoms with van der Waals surface area (Å²) < 4.78 is 0. The van der Waals surface area contributed by atoms with Crippen molar-refractivity contribution in [3.63, 3.8) is 0 Å². The van der Waals surface area contributed by atoms with Gasteiger partial charge in [-0.1, -0.05) is 20.3 Å². The molecular formula is C8H15N3. The van der Waals surface area contributed by atoms with Crippen LogP contribution in [0.3, 0.4) is 0 Å². The second-order valence-electron chi connectivity index (χ2n) is 2.69. The molecule has 0 amide bonds. The van der Waals surface area contributed by atoms with Crippen LogP contribution in [0.4, 0.5) is 0 Å². The molecule has 0 radical (unpaired) electrons. The summed E-state index contributed by atoms with van der Waals surface area (Å²) in [5.74, 6) is 1.34. The standard InChI is InChI=1S/C8H15N3/c1-4-7(2)5-10-8(3)11-6-9/h7H,4-5H2,1-3H3,(H,10,11). The smallest absolute Gasteiger partial charge is 0.207 e. The minimum Gasteiger partial charge on any atom is -0.373 e. The zero-order valence-corrected chi connectivity index (χ0v) is 7.39. The molecular weight excluding hydrogens is 138 g/mol. The van der Waals surface area contributed by atoms with E-state index in [4.69, 9.17) is 5.26 Å². The number of rotatable bonds is 3. The average Bonchev–Trinajstić information content (AvgIpc) is 2.01. The van der Waals surface area contributed by atoms with E-state index in [-0.39, 0.29) is 0 Å². The Hall–Kier alpha value is -1.04. The van der Waals surface area contributed by atoms with Gasteiger partial charge in [-0.3, -0.25) is 0 Å². The molecule has 0 saturated heterocycles. The van der Waals surface area contributed by atoms with Gasteiger partial charge >= 0.3 is 0 Å². The SMILES string of the molecule is CCC(C)CN/C(C)=N/C#N. The van der Waals surface area contributed by atoms with E-state index in [2.05, 4.69) is 24.2 Å². The first-order valence-corrected chi connectivity index (χ1v) is 3.88. The second-order valence-corrected chi connectivity index (χ2v) is 2.69. The fourth-order valence-corrected chi connectivity index (χ4v) is 0.581. The van der Waals surface area contributed by atoms with Crippen molar-refractivity contribution in [1.82, 2.24) is 5.32 Å². The van der Waals surface area contributed by atoms with Crippen molar-refractivity contribution in [2.75, 3.05) is 6.54 Å². The van der Waals surface area contributed by atoms with Gasteiger partial charge in [-0.2, -0.15) is 10.3 Å². The highest BCUT2D eigenvalue weighted by molar-refractivity contribution is 5.80. The van der Waals surface area contributed by atoms with Gasteiger partial charge in [0.2, 0.25) is 6.19 Å². The van der Waals surface area contributed by atoms with Crippen LogP contribution in [0.2, 0.25) is 0 Å².